The van der Waals surface area contributed by atoms with Crippen LogP contribution in [-0.4, -0.2) is 19.8 Å². The number of nitrogen functional groups attached to an aromatic ring is 1. The van der Waals surface area contributed by atoms with Crippen molar-refractivity contribution in [2.24, 2.45) is 0 Å². The quantitative estimate of drug-likeness (QED) is 0.874. The number of hydrogen-bond acceptors (Lipinski definition) is 4. The van der Waals surface area contributed by atoms with E-state index in [1.807, 2.05) is 0 Å². The predicted molar refractivity (Wildman–Crippen MR) is 78.8 cm³/mol. The number of anilines is 1. The highest BCUT2D eigenvalue weighted by atomic mass is 35.5. The summed E-state index contributed by atoms with van der Waals surface area (Å²) in [6.45, 7) is 0.177. The third-order valence-corrected chi connectivity index (χ3v) is 5.76. The van der Waals surface area contributed by atoms with Crippen LogP contribution in [0.1, 0.15) is 4.88 Å². The zero-order valence-corrected chi connectivity index (χ0v) is 12.9. The summed E-state index contributed by atoms with van der Waals surface area (Å²) in [4.78, 5) is 0.700. The van der Waals surface area contributed by atoms with Crippen molar-refractivity contribution in [3.8, 4) is 0 Å². The van der Waals surface area contributed by atoms with Crippen LogP contribution < -0.4 is 5.73 Å². The van der Waals surface area contributed by atoms with E-state index in [0.717, 1.165) is 27.4 Å². The molecule has 0 unspecified atom stereocenters. The second kappa shape index (κ2) is 5.69. The maximum atomic E-state index is 13.0. The molecular weight excluding hydrogens is 323 g/mol. The van der Waals surface area contributed by atoms with E-state index in [0.29, 0.717) is 4.34 Å². The molecule has 0 bridgehead atoms. The molecule has 0 aliphatic carbocycles. The Morgan fingerprint density at radius 3 is 2.60 bits per heavy atom. The average Bonchev–Trinajstić information content (AvgIpc) is 2.74. The van der Waals surface area contributed by atoms with Crippen LogP contribution in [0.15, 0.2) is 35.2 Å². The fourth-order valence-electron chi connectivity index (χ4n) is 1.66. The molecule has 2 N–H and O–H groups in total. The van der Waals surface area contributed by atoms with Gasteiger partial charge < -0.3 is 5.73 Å². The molecule has 1 aromatic carbocycles. The van der Waals surface area contributed by atoms with Gasteiger partial charge in [0, 0.05) is 18.5 Å². The Kier molecular flexibility index (Phi) is 4.33. The van der Waals surface area contributed by atoms with Gasteiger partial charge in [-0.1, -0.05) is 11.6 Å². The summed E-state index contributed by atoms with van der Waals surface area (Å²) >= 11 is 7.11. The molecule has 0 saturated carbocycles. The Hall–Kier alpha value is -1.15. The van der Waals surface area contributed by atoms with E-state index in [1.54, 1.807) is 12.1 Å². The molecule has 4 nitrogen and oxygen atoms in total. The molecule has 8 heteroatoms. The zero-order valence-electron chi connectivity index (χ0n) is 10.5. The standard InChI is InChI=1S/C12H12ClFN2O2S2/c1-16(7-9-3-5-12(13)19-9)20(17,18)11-4-2-8(14)6-10(11)15/h2-6H,7,15H2,1H3. The summed E-state index contributed by atoms with van der Waals surface area (Å²) in [6.07, 6.45) is 0. The molecule has 20 heavy (non-hydrogen) atoms. The number of benzene rings is 1. The van der Waals surface area contributed by atoms with Crippen molar-refractivity contribution >= 4 is 38.6 Å². The number of nitrogens with two attached hydrogens (primary N) is 1. The van der Waals surface area contributed by atoms with Crippen LogP contribution in [0.25, 0.3) is 0 Å². The van der Waals surface area contributed by atoms with Gasteiger partial charge in [-0.2, -0.15) is 4.31 Å². The van der Waals surface area contributed by atoms with Crippen molar-refractivity contribution in [3.05, 3.63) is 45.4 Å². The lowest BCUT2D eigenvalue weighted by Gasteiger charge is -2.17. The van der Waals surface area contributed by atoms with Crippen molar-refractivity contribution in [1.82, 2.24) is 4.31 Å². The van der Waals surface area contributed by atoms with Gasteiger partial charge in [0.15, 0.2) is 0 Å². The molecule has 1 heterocycles. The topological polar surface area (TPSA) is 63.4 Å². The van der Waals surface area contributed by atoms with Crippen molar-refractivity contribution in [1.29, 1.82) is 0 Å². The van der Waals surface area contributed by atoms with Gasteiger partial charge in [0.05, 0.1) is 10.0 Å². The van der Waals surface area contributed by atoms with Crippen LogP contribution >= 0.6 is 22.9 Å². The van der Waals surface area contributed by atoms with Gasteiger partial charge in [-0.3, -0.25) is 0 Å². The second-order valence-corrected chi connectivity index (χ2v) is 7.96. The third kappa shape index (κ3) is 3.12. The maximum Gasteiger partial charge on any atom is 0.245 e. The Bertz CT molecular complexity index is 731. The summed E-state index contributed by atoms with van der Waals surface area (Å²) in [5.74, 6) is -0.575. The Balaban J connectivity index is 2.29. The molecule has 0 fully saturated rings. The average molecular weight is 335 g/mol. The van der Waals surface area contributed by atoms with Gasteiger partial charge in [0.2, 0.25) is 10.0 Å². The highest BCUT2D eigenvalue weighted by Crippen LogP contribution is 2.26. The number of halogens is 2. The van der Waals surface area contributed by atoms with E-state index >= 15 is 0 Å². The molecule has 0 saturated heterocycles. The normalized spacial score (nSPS) is 12.0. The first-order valence-electron chi connectivity index (χ1n) is 5.56. The lowest BCUT2D eigenvalue weighted by Crippen LogP contribution is -2.26. The van der Waals surface area contributed by atoms with E-state index in [1.165, 1.54) is 18.4 Å². The van der Waals surface area contributed by atoms with Crippen LogP contribution in [0.4, 0.5) is 10.1 Å². The Morgan fingerprint density at radius 2 is 2.05 bits per heavy atom. The minimum atomic E-state index is -3.77. The fraction of sp³-hybridized carbons (Fsp3) is 0.167. The Morgan fingerprint density at radius 1 is 1.35 bits per heavy atom. The molecule has 0 spiro atoms. The highest BCUT2D eigenvalue weighted by molar-refractivity contribution is 7.89. The molecule has 0 radical (unpaired) electrons. The van der Waals surface area contributed by atoms with Crippen LogP contribution in [0, 0.1) is 5.82 Å². The summed E-state index contributed by atoms with van der Waals surface area (Å²) in [6, 6.07) is 6.68. The van der Waals surface area contributed by atoms with Crippen LogP contribution in [0.2, 0.25) is 4.34 Å². The van der Waals surface area contributed by atoms with E-state index in [2.05, 4.69) is 0 Å². The van der Waals surface area contributed by atoms with Crippen molar-refractivity contribution in [2.75, 3.05) is 12.8 Å². The lowest BCUT2D eigenvalue weighted by atomic mass is 10.3. The van der Waals surface area contributed by atoms with Crippen LogP contribution in [0.5, 0.6) is 0 Å². The third-order valence-electron chi connectivity index (χ3n) is 2.67. The van der Waals surface area contributed by atoms with Crippen LogP contribution in [-0.2, 0) is 16.6 Å². The molecule has 108 valence electrons. The molecular formula is C12H12ClFN2O2S2. The maximum absolute atomic E-state index is 13.0. The zero-order chi connectivity index (χ0) is 14.9. The number of nitrogens with zero attached hydrogens (tertiary/aromatic N) is 1. The lowest BCUT2D eigenvalue weighted by molar-refractivity contribution is 0.470. The highest BCUT2D eigenvalue weighted by Gasteiger charge is 2.24. The summed E-state index contributed by atoms with van der Waals surface area (Å²) in [5.41, 5.74) is 5.47. The van der Waals surface area contributed by atoms with Gasteiger partial charge in [-0.25, -0.2) is 12.8 Å². The van der Waals surface area contributed by atoms with Crippen molar-refractivity contribution in [3.63, 3.8) is 0 Å². The Labute approximate surface area is 125 Å². The number of rotatable bonds is 4. The van der Waals surface area contributed by atoms with Gasteiger partial charge >= 0.3 is 0 Å². The minimum Gasteiger partial charge on any atom is -0.398 e. The van der Waals surface area contributed by atoms with E-state index < -0.39 is 15.8 Å². The molecule has 1 aromatic heterocycles. The molecule has 0 aliphatic rings. The first kappa shape index (κ1) is 15.2. The monoisotopic (exact) mass is 334 g/mol. The van der Waals surface area contributed by atoms with Crippen molar-refractivity contribution in [2.45, 2.75) is 11.4 Å². The van der Waals surface area contributed by atoms with Gasteiger partial charge in [0.25, 0.3) is 0 Å². The molecule has 2 aromatic rings. The summed E-state index contributed by atoms with van der Waals surface area (Å²) < 4.78 is 39.5. The molecule has 2 rings (SSSR count). The minimum absolute atomic E-state index is 0.107. The molecule has 0 aliphatic heterocycles. The van der Waals surface area contributed by atoms with Gasteiger partial charge in [-0.05, 0) is 30.3 Å². The smallest absolute Gasteiger partial charge is 0.245 e. The number of sulfonamides is 1. The summed E-state index contributed by atoms with van der Waals surface area (Å²) in [5, 5.41) is 0. The van der Waals surface area contributed by atoms with E-state index in [9.17, 15) is 12.8 Å². The van der Waals surface area contributed by atoms with Crippen molar-refractivity contribution < 1.29 is 12.8 Å². The number of thiophene rings is 1. The SMILES string of the molecule is CN(Cc1ccc(Cl)s1)S(=O)(=O)c1ccc(F)cc1N. The first-order chi connectivity index (χ1) is 9.30. The van der Waals surface area contributed by atoms with Gasteiger partial charge in [-0.15, -0.1) is 11.3 Å². The largest absolute Gasteiger partial charge is 0.398 e. The molecule has 0 atom stereocenters. The molecule has 0 amide bonds. The van der Waals surface area contributed by atoms with Crippen LogP contribution in [0.3, 0.4) is 0 Å². The fourth-order valence-corrected chi connectivity index (χ4v) is 4.13. The van der Waals surface area contributed by atoms with E-state index in [4.69, 9.17) is 17.3 Å². The first-order valence-corrected chi connectivity index (χ1v) is 8.20. The predicted octanol–water partition coefficient (Wildman–Crippen LogP) is 2.94. The van der Waals surface area contributed by atoms with Gasteiger partial charge in [0.1, 0.15) is 10.7 Å². The van der Waals surface area contributed by atoms with E-state index in [-0.39, 0.29) is 17.1 Å². The number of hydrogen-bond donors (Lipinski definition) is 1. The summed E-state index contributed by atoms with van der Waals surface area (Å²) in [7, 11) is -2.33. The second-order valence-electron chi connectivity index (χ2n) is 4.15.